The molecule has 4 atom stereocenters. The van der Waals surface area contributed by atoms with Crippen LogP contribution in [0.3, 0.4) is 0 Å². The maximum atomic E-state index is 14.7. The van der Waals surface area contributed by atoms with E-state index in [2.05, 4.69) is 16.7 Å². The number of carboxylic acids is 1. The molecule has 0 amide bonds. The fraction of sp³-hybridized carbons (Fsp3) is 0.700. The normalized spacial score (nSPS) is 33.3. The van der Waals surface area contributed by atoms with Gasteiger partial charge in [-0.3, -0.25) is 4.79 Å². The van der Waals surface area contributed by atoms with Crippen LogP contribution in [0.5, 0.6) is 0 Å². The molecular formula is C20H25F2N3O2. The van der Waals surface area contributed by atoms with Crippen LogP contribution in [0.1, 0.15) is 43.7 Å². The molecule has 27 heavy (non-hydrogen) atoms. The zero-order valence-electron chi connectivity index (χ0n) is 15.5. The second-order valence-corrected chi connectivity index (χ2v) is 8.71. The standard InChI is InChI=1S/C20H25F2N3O2/c1-11-4-6-25(11)19-12-3-2-5-20(21,22)16(12)8-17(23-19)24-9-14-13(7-18(26)27)15(14)10-24/h8,11,13-15H,2-7,9-10H2,1H3,(H,26,27)/t11-,13-,14-,15+/m0/s1. The quantitative estimate of drug-likeness (QED) is 0.873. The van der Waals surface area contributed by atoms with E-state index in [9.17, 15) is 13.6 Å². The highest BCUT2D eigenvalue weighted by Gasteiger charge is 2.56. The molecule has 146 valence electrons. The minimum absolute atomic E-state index is 0.0929. The third-order valence-corrected chi connectivity index (χ3v) is 7.10. The van der Waals surface area contributed by atoms with Gasteiger partial charge in [0.05, 0.1) is 0 Å². The number of hydrogen-bond acceptors (Lipinski definition) is 4. The van der Waals surface area contributed by atoms with Crippen molar-refractivity contribution in [3.05, 3.63) is 17.2 Å². The zero-order chi connectivity index (χ0) is 18.9. The van der Waals surface area contributed by atoms with Gasteiger partial charge in [0.1, 0.15) is 11.6 Å². The summed E-state index contributed by atoms with van der Waals surface area (Å²) in [6.07, 6.45) is 2.37. The minimum Gasteiger partial charge on any atom is -0.481 e. The second kappa shape index (κ2) is 5.79. The van der Waals surface area contributed by atoms with Crippen molar-refractivity contribution in [3.63, 3.8) is 0 Å². The number of anilines is 2. The van der Waals surface area contributed by atoms with Crippen LogP contribution in [0.2, 0.25) is 0 Å². The van der Waals surface area contributed by atoms with Crippen molar-refractivity contribution >= 4 is 17.6 Å². The molecule has 3 heterocycles. The number of fused-ring (bicyclic) bond motifs is 2. The first-order valence-corrected chi connectivity index (χ1v) is 10.0. The van der Waals surface area contributed by atoms with E-state index in [4.69, 9.17) is 10.1 Å². The Morgan fingerprint density at radius 1 is 1.37 bits per heavy atom. The number of pyridine rings is 1. The van der Waals surface area contributed by atoms with E-state index in [1.165, 1.54) is 0 Å². The largest absolute Gasteiger partial charge is 0.481 e. The molecule has 7 heteroatoms. The average molecular weight is 377 g/mol. The van der Waals surface area contributed by atoms with E-state index in [0.717, 1.165) is 37.4 Å². The lowest BCUT2D eigenvalue weighted by atomic mass is 9.88. The average Bonchev–Trinajstić information content (AvgIpc) is 3.03. The summed E-state index contributed by atoms with van der Waals surface area (Å²) in [5.74, 6) is -1.16. The lowest BCUT2D eigenvalue weighted by Crippen LogP contribution is -2.47. The van der Waals surface area contributed by atoms with E-state index >= 15 is 0 Å². The molecule has 5 nitrogen and oxygen atoms in total. The van der Waals surface area contributed by atoms with Gasteiger partial charge in [-0.1, -0.05) is 0 Å². The summed E-state index contributed by atoms with van der Waals surface area (Å²) in [4.78, 5) is 20.0. The Kier molecular flexibility index (Phi) is 3.69. The van der Waals surface area contributed by atoms with E-state index in [0.29, 0.717) is 36.5 Å². The maximum Gasteiger partial charge on any atom is 0.303 e. The van der Waals surface area contributed by atoms with Gasteiger partial charge in [0.25, 0.3) is 5.92 Å². The summed E-state index contributed by atoms with van der Waals surface area (Å²) < 4.78 is 29.4. The van der Waals surface area contributed by atoms with Gasteiger partial charge in [-0.05, 0) is 50.0 Å². The first-order valence-electron chi connectivity index (χ1n) is 10.0. The maximum absolute atomic E-state index is 14.7. The van der Waals surface area contributed by atoms with E-state index < -0.39 is 11.9 Å². The lowest BCUT2D eigenvalue weighted by molar-refractivity contribution is -0.137. The smallest absolute Gasteiger partial charge is 0.303 e. The number of piperidine rings is 1. The highest BCUT2D eigenvalue weighted by molar-refractivity contribution is 5.68. The molecule has 0 unspecified atom stereocenters. The fourth-order valence-electron chi connectivity index (χ4n) is 5.31. The topological polar surface area (TPSA) is 56.7 Å². The first-order chi connectivity index (χ1) is 12.8. The molecule has 1 N–H and O–H groups in total. The molecule has 4 aliphatic rings. The summed E-state index contributed by atoms with van der Waals surface area (Å²) in [6, 6.07) is 1.96. The number of alkyl halides is 2. The first kappa shape index (κ1) is 17.2. The lowest BCUT2D eigenvalue weighted by Gasteiger charge is -2.42. The van der Waals surface area contributed by atoms with Crippen LogP contribution in [0.4, 0.5) is 20.4 Å². The predicted molar refractivity (Wildman–Crippen MR) is 97.4 cm³/mol. The van der Waals surface area contributed by atoms with Crippen LogP contribution in [0.15, 0.2) is 6.07 Å². The Balaban J connectivity index is 1.46. The zero-order valence-corrected chi connectivity index (χ0v) is 15.5. The number of aliphatic carboxylic acids is 1. The van der Waals surface area contributed by atoms with Crippen LogP contribution in [0.25, 0.3) is 0 Å². The predicted octanol–water partition coefficient (Wildman–Crippen LogP) is 3.27. The molecule has 2 saturated heterocycles. The van der Waals surface area contributed by atoms with Gasteiger partial charge in [-0.25, -0.2) is 13.8 Å². The number of aromatic nitrogens is 1. The summed E-state index contributed by atoms with van der Waals surface area (Å²) in [5.41, 5.74) is 0.894. The van der Waals surface area contributed by atoms with Gasteiger partial charge in [0.15, 0.2) is 0 Å². The van der Waals surface area contributed by atoms with E-state index in [1.54, 1.807) is 6.07 Å². The number of nitrogens with zero attached hydrogens (tertiary/aromatic N) is 3. The number of hydrogen-bond donors (Lipinski definition) is 1. The van der Waals surface area contributed by atoms with Crippen LogP contribution in [-0.2, 0) is 17.1 Å². The Morgan fingerprint density at radius 3 is 2.70 bits per heavy atom. The molecule has 2 aliphatic carbocycles. The molecule has 1 aromatic rings. The van der Waals surface area contributed by atoms with Crippen LogP contribution >= 0.6 is 0 Å². The molecule has 2 aliphatic heterocycles. The van der Waals surface area contributed by atoms with Gasteiger partial charge in [0, 0.05) is 49.6 Å². The van der Waals surface area contributed by atoms with E-state index in [-0.39, 0.29) is 24.3 Å². The van der Waals surface area contributed by atoms with Crippen LogP contribution in [0, 0.1) is 17.8 Å². The number of carboxylic acid groups (broad SMARTS) is 1. The third-order valence-electron chi connectivity index (χ3n) is 7.10. The van der Waals surface area contributed by atoms with Crippen LogP contribution < -0.4 is 9.80 Å². The molecule has 1 aromatic heterocycles. The molecule has 0 radical (unpaired) electrons. The minimum atomic E-state index is -2.79. The molecule has 3 fully saturated rings. The summed E-state index contributed by atoms with van der Waals surface area (Å²) in [7, 11) is 0. The Bertz CT molecular complexity index is 788. The Labute approximate surface area is 157 Å². The van der Waals surface area contributed by atoms with E-state index in [1.807, 2.05) is 0 Å². The SMILES string of the molecule is C[C@H]1CCN1c1nc(N2C[C@@H]3[C@@H](CC(=O)O)[C@@H]3C2)cc2c1CCCC2(F)F. The molecule has 0 aromatic carbocycles. The molecule has 1 saturated carbocycles. The summed E-state index contributed by atoms with van der Waals surface area (Å²) in [6.45, 7) is 4.46. The second-order valence-electron chi connectivity index (χ2n) is 8.71. The van der Waals surface area contributed by atoms with Gasteiger partial charge in [0.2, 0.25) is 0 Å². The van der Waals surface area contributed by atoms with Gasteiger partial charge >= 0.3 is 5.97 Å². The van der Waals surface area contributed by atoms with Crippen molar-refractivity contribution in [2.45, 2.75) is 51.0 Å². The van der Waals surface area contributed by atoms with Crippen molar-refractivity contribution in [2.24, 2.45) is 17.8 Å². The van der Waals surface area contributed by atoms with Crippen molar-refractivity contribution in [3.8, 4) is 0 Å². The van der Waals surface area contributed by atoms with Gasteiger partial charge in [-0.15, -0.1) is 0 Å². The number of halogens is 2. The number of carbonyl (C=O) groups is 1. The molecule has 0 bridgehead atoms. The molecule has 0 spiro atoms. The van der Waals surface area contributed by atoms with Crippen molar-refractivity contribution in [1.29, 1.82) is 0 Å². The van der Waals surface area contributed by atoms with Crippen LogP contribution in [-0.4, -0.2) is 41.7 Å². The number of rotatable bonds is 4. The summed E-state index contributed by atoms with van der Waals surface area (Å²) >= 11 is 0. The monoisotopic (exact) mass is 377 g/mol. The third kappa shape index (κ3) is 2.69. The highest BCUT2D eigenvalue weighted by Crippen LogP contribution is 2.55. The van der Waals surface area contributed by atoms with Gasteiger partial charge in [-0.2, -0.15) is 0 Å². The molecule has 5 rings (SSSR count). The highest BCUT2D eigenvalue weighted by atomic mass is 19.3. The fourth-order valence-corrected chi connectivity index (χ4v) is 5.31. The van der Waals surface area contributed by atoms with Crippen molar-refractivity contribution in [2.75, 3.05) is 29.4 Å². The van der Waals surface area contributed by atoms with Crippen molar-refractivity contribution in [1.82, 2.24) is 4.98 Å². The van der Waals surface area contributed by atoms with Gasteiger partial charge < -0.3 is 14.9 Å². The molecular weight excluding hydrogens is 352 g/mol. The Morgan fingerprint density at radius 2 is 2.11 bits per heavy atom. The van der Waals surface area contributed by atoms with Crippen molar-refractivity contribution < 1.29 is 18.7 Å². The Hall–Kier alpha value is -1.92. The summed E-state index contributed by atoms with van der Waals surface area (Å²) in [5, 5.41) is 8.99.